The minimum Gasteiger partial charge on any atom is -0.386 e. The van der Waals surface area contributed by atoms with E-state index in [1.54, 1.807) is 13.8 Å². The summed E-state index contributed by atoms with van der Waals surface area (Å²) >= 11 is 0. The van der Waals surface area contributed by atoms with Crippen molar-refractivity contribution in [1.29, 1.82) is 0 Å². The first-order chi connectivity index (χ1) is 6.58. The van der Waals surface area contributed by atoms with Crippen molar-refractivity contribution in [3.63, 3.8) is 0 Å². The maximum atomic E-state index is 9.44. The SMILES string of the molecule is CC(C)(O)/C=C\CNC1CCCCC1. The van der Waals surface area contributed by atoms with Crippen LogP contribution < -0.4 is 5.32 Å². The first kappa shape index (κ1) is 11.7. The first-order valence-electron chi connectivity index (χ1n) is 5.71. The van der Waals surface area contributed by atoms with Crippen LogP contribution in [0.25, 0.3) is 0 Å². The summed E-state index contributed by atoms with van der Waals surface area (Å²) in [6.07, 6.45) is 10.6. The predicted molar refractivity (Wildman–Crippen MR) is 60.3 cm³/mol. The molecule has 2 N–H and O–H groups in total. The summed E-state index contributed by atoms with van der Waals surface area (Å²) in [6.45, 7) is 4.48. The lowest BCUT2D eigenvalue weighted by Gasteiger charge is -2.22. The summed E-state index contributed by atoms with van der Waals surface area (Å²) in [6, 6.07) is 0.704. The van der Waals surface area contributed by atoms with Crippen LogP contribution in [0.2, 0.25) is 0 Å². The van der Waals surface area contributed by atoms with Crippen molar-refractivity contribution in [3.8, 4) is 0 Å². The molecule has 0 heterocycles. The molecule has 0 bridgehead atoms. The number of nitrogens with one attached hydrogen (secondary N) is 1. The molecule has 0 aliphatic heterocycles. The number of hydrogen-bond donors (Lipinski definition) is 2. The average Bonchev–Trinajstić information content (AvgIpc) is 2.13. The van der Waals surface area contributed by atoms with Crippen molar-refractivity contribution < 1.29 is 5.11 Å². The zero-order valence-corrected chi connectivity index (χ0v) is 9.42. The molecule has 1 aliphatic rings. The van der Waals surface area contributed by atoms with Crippen molar-refractivity contribution >= 4 is 0 Å². The zero-order valence-electron chi connectivity index (χ0n) is 9.42. The van der Waals surface area contributed by atoms with Gasteiger partial charge in [-0.25, -0.2) is 0 Å². The van der Waals surface area contributed by atoms with E-state index in [1.165, 1.54) is 32.1 Å². The number of rotatable bonds is 4. The van der Waals surface area contributed by atoms with E-state index in [2.05, 4.69) is 5.32 Å². The maximum Gasteiger partial charge on any atom is 0.0772 e. The molecule has 82 valence electrons. The van der Waals surface area contributed by atoms with Gasteiger partial charge in [-0.2, -0.15) is 0 Å². The molecule has 2 heteroatoms. The van der Waals surface area contributed by atoms with Gasteiger partial charge in [0.15, 0.2) is 0 Å². The smallest absolute Gasteiger partial charge is 0.0772 e. The minimum atomic E-state index is -0.672. The van der Waals surface area contributed by atoms with E-state index in [-0.39, 0.29) is 0 Å². The first-order valence-corrected chi connectivity index (χ1v) is 5.71. The average molecular weight is 197 g/mol. The molecule has 0 aromatic carbocycles. The molecule has 0 aromatic rings. The summed E-state index contributed by atoms with van der Waals surface area (Å²) in [5.41, 5.74) is -0.672. The third-order valence-electron chi connectivity index (χ3n) is 2.66. The molecule has 1 saturated carbocycles. The van der Waals surface area contributed by atoms with E-state index < -0.39 is 5.60 Å². The Morgan fingerprint density at radius 1 is 1.29 bits per heavy atom. The molecule has 2 nitrogen and oxygen atoms in total. The molecule has 0 aromatic heterocycles. The third-order valence-corrected chi connectivity index (χ3v) is 2.66. The molecule has 0 spiro atoms. The van der Waals surface area contributed by atoms with Crippen LogP contribution in [0, 0.1) is 0 Å². The van der Waals surface area contributed by atoms with Crippen molar-refractivity contribution in [2.45, 2.75) is 57.6 Å². The Labute approximate surface area is 87.4 Å². The van der Waals surface area contributed by atoms with Gasteiger partial charge in [0, 0.05) is 12.6 Å². The highest BCUT2D eigenvalue weighted by Crippen LogP contribution is 2.17. The lowest BCUT2D eigenvalue weighted by atomic mass is 9.95. The van der Waals surface area contributed by atoms with Gasteiger partial charge in [0.05, 0.1) is 5.60 Å². The normalized spacial score (nSPS) is 20.5. The van der Waals surface area contributed by atoms with Crippen LogP contribution >= 0.6 is 0 Å². The van der Waals surface area contributed by atoms with E-state index in [9.17, 15) is 5.11 Å². The highest BCUT2D eigenvalue weighted by molar-refractivity contribution is 4.96. The molecule has 0 atom stereocenters. The highest BCUT2D eigenvalue weighted by Gasteiger charge is 2.11. The van der Waals surface area contributed by atoms with E-state index in [0.717, 1.165) is 6.54 Å². The fourth-order valence-corrected chi connectivity index (χ4v) is 1.89. The van der Waals surface area contributed by atoms with E-state index in [4.69, 9.17) is 0 Å². The van der Waals surface area contributed by atoms with Crippen LogP contribution in [-0.4, -0.2) is 23.3 Å². The van der Waals surface area contributed by atoms with Crippen LogP contribution in [0.1, 0.15) is 46.0 Å². The molecular formula is C12H23NO. The zero-order chi connectivity index (χ0) is 10.4. The van der Waals surface area contributed by atoms with Gasteiger partial charge in [-0.3, -0.25) is 0 Å². The van der Waals surface area contributed by atoms with E-state index in [0.29, 0.717) is 6.04 Å². The monoisotopic (exact) mass is 197 g/mol. The highest BCUT2D eigenvalue weighted by atomic mass is 16.3. The van der Waals surface area contributed by atoms with Crippen molar-refractivity contribution in [3.05, 3.63) is 12.2 Å². The van der Waals surface area contributed by atoms with Crippen LogP contribution in [0.15, 0.2) is 12.2 Å². The topological polar surface area (TPSA) is 32.3 Å². The van der Waals surface area contributed by atoms with Crippen LogP contribution in [0.3, 0.4) is 0 Å². The molecule has 0 radical (unpaired) electrons. The molecule has 1 rings (SSSR count). The Kier molecular flexibility index (Phi) is 4.63. The van der Waals surface area contributed by atoms with Crippen LogP contribution in [0.4, 0.5) is 0 Å². The van der Waals surface area contributed by atoms with Crippen molar-refractivity contribution in [1.82, 2.24) is 5.32 Å². The minimum absolute atomic E-state index is 0.672. The third kappa shape index (κ3) is 5.40. The van der Waals surface area contributed by atoms with Gasteiger partial charge in [-0.1, -0.05) is 31.4 Å². The summed E-state index contributed by atoms with van der Waals surface area (Å²) in [7, 11) is 0. The second kappa shape index (κ2) is 5.52. The van der Waals surface area contributed by atoms with Gasteiger partial charge in [0.1, 0.15) is 0 Å². The standard InChI is InChI=1S/C12H23NO/c1-12(2,14)9-6-10-13-11-7-4-3-5-8-11/h6,9,11,13-14H,3-5,7-8,10H2,1-2H3/b9-6-. The molecular weight excluding hydrogens is 174 g/mol. The number of hydrogen-bond acceptors (Lipinski definition) is 2. The second-order valence-electron chi connectivity index (χ2n) is 4.80. The maximum absolute atomic E-state index is 9.44. The van der Waals surface area contributed by atoms with Gasteiger partial charge < -0.3 is 10.4 Å². The summed E-state index contributed by atoms with van der Waals surface area (Å²) < 4.78 is 0. The molecule has 0 saturated heterocycles. The number of aliphatic hydroxyl groups is 1. The van der Waals surface area contributed by atoms with Gasteiger partial charge in [-0.05, 0) is 26.7 Å². The lowest BCUT2D eigenvalue weighted by molar-refractivity contribution is 0.133. The van der Waals surface area contributed by atoms with Crippen molar-refractivity contribution in [2.75, 3.05) is 6.54 Å². The molecule has 0 amide bonds. The Morgan fingerprint density at radius 2 is 1.93 bits per heavy atom. The molecule has 14 heavy (non-hydrogen) atoms. The van der Waals surface area contributed by atoms with E-state index >= 15 is 0 Å². The summed E-state index contributed by atoms with van der Waals surface area (Å²) in [5.74, 6) is 0. The van der Waals surface area contributed by atoms with Crippen LogP contribution in [-0.2, 0) is 0 Å². The Balaban J connectivity index is 2.11. The Hall–Kier alpha value is -0.340. The Bertz CT molecular complexity index is 175. The molecule has 1 fully saturated rings. The molecule has 1 aliphatic carbocycles. The fourth-order valence-electron chi connectivity index (χ4n) is 1.89. The predicted octanol–water partition coefficient (Wildman–Crippen LogP) is 2.24. The van der Waals surface area contributed by atoms with E-state index in [1.807, 2.05) is 12.2 Å². The summed E-state index contributed by atoms with van der Waals surface area (Å²) in [5, 5.41) is 12.9. The summed E-state index contributed by atoms with van der Waals surface area (Å²) in [4.78, 5) is 0. The molecule has 0 unspecified atom stereocenters. The Morgan fingerprint density at radius 3 is 2.50 bits per heavy atom. The van der Waals surface area contributed by atoms with Crippen LogP contribution in [0.5, 0.6) is 0 Å². The van der Waals surface area contributed by atoms with Crippen molar-refractivity contribution in [2.24, 2.45) is 0 Å². The van der Waals surface area contributed by atoms with Gasteiger partial charge in [0.2, 0.25) is 0 Å². The lowest BCUT2D eigenvalue weighted by Crippen LogP contribution is -2.31. The largest absolute Gasteiger partial charge is 0.386 e. The quantitative estimate of drug-likeness (QED) is 0.677. The van der Waals surface area contributed by atoms with Gasteiger partial charge in [0.25, 0.3) is 0 Å². The second-order valence-corrected chi connectivity index (χ2v) is 4.80. The van der Waals surface area contributed by atoms with Gasteiger partial charge in [-0.15, -0.1) is 0 Å². The fraction of sp³-hybridized carbons (Fsp3) is 0.833. The van der Waals surface area contributed by atoms with Gasteiger partial charge >= 0.3 is 0 Å².